The predicted molar refractivity (Wildman–Crippen MR) is 95.3 cm³/mol. The molecule has 5 heteroatoms. The summed E-state index contributed by atoms with van der Waals surface area (Å²) in [7, 11) is 0. The maximum Gasteiger partial charge on any atom is 0.250 e. The number of nitrogens with zero attached hydrogens (tertiary/aromatic N) is 1. The first kappa shape index (κ1) is 15.0. The van der Waals surface area contributed by atoms with E-state index in [4.69, 9.17) is 9.47 Å². The van der Waals surface area contributed by atoms with Crippen molar-refractivity contribution in [1.29, 1.82) is 0 Å². The Bertz CT molecular complexity index is 942. The van der Waals surface area contributed by atoms with Gasteiger partial charge in [-0.25, -0.2) is 0 Å². The Balaban J connectivity index is 1.65. The van der Waals surface area contributed by atoms with Gasteiger partial charge >= 0.3 is 0 Å². The number of hydrogen-bond donors (Lipinski definition) is 0. The number of aromatic nitrogens is 1. The zero-order valence-electron chi connectivity index (χ0n) is 13.3. The van der Waals surface area contributed by atoms with Crippen LogP contribution in [0.4, 0.5) is 0 Å². The van der Waals surface area contributed by atoms with Crippen LogP contribution >= 0.6 is 11.3 Å². The van der Waals surface area contributed by atoms with E-state index in [-0.39, 0.29) is 5.56 Å². The first-order chi connectivity index (χ1) is 11.7. The fraction of sp³-hybridized carbons (Fsp3) is 0.211. The Morgan fingerprint density at radius 3 is 2.71 bits per heavy atom. The highest BCUT2D eigenvalue weighted by molar-refractivity contribution is 7.13. The molecule has 0 bridgehead atoms. The lowest BCUT2D eigenvalue weighted by Crippen LogP contribution is -2.19. The van der Waals surface area contributed by atoms with Crippen molar-refractivity contribution in [2.24, 2.45) is 0 Å². The first-order valence-electron chi connectivity index (χ1n) is 7.83. The van der Waals surface area contributed by atoms with Gasteiger partial charge in [-0.1, -0.05) is 6.07 Å². The first-order valence-corrected chi connectivity index (χ1v) is 8.71. The highest BCUT2D eigenvalue weighted by Gasteiger charge is 2.12. The molecule has 1 aromatic carbocycles. The van der Waals surface area contributed by atoms with Crippen molar-refractivity contribution in [1.82, 2.24) is 4.57 Å². The summed E-state index contributed by atoms with van der Waals surface area (Å²) in [4.78, 5) is 13.4. The zero-order chi connectivity index (χ0) is 16.5. The van der Waals surface area contributed by atoms with Gasteiger partial charge in [-0.2, -0.15) is 0 Å². The van der Waals surface area contributed by atoms with E-state index in [0.717, 1.165) is 22.6 Å². The van der Waals surface area contributed by atoms with Gasteiger partial charge < -0.3 is 14.0 Å². The topological polar surface area (TPSA) is 40.5 Å². The van der Waals surface area contributed by atoms with Crippen molar-refractivity contribution in [3.63, 3.8) is 0 Å². The molecule has 0 saturated carbocycles. The van der Waals surface area contributed by atoms with Gasteiger partial charge in [0.25, 0.3) is 5.56 Å². The largest absolute Gasteiger partial charge is 0.486 e. The molecule has 4 nitrogen and oxygen atoms in total. The number of aryl methyl sites for hydroxylation is 1. The van der Waals surface area contributed by atoms with Crippen LogP contribution in [-0.4, -0.2) is 17.8 Å². The van der Waals surface area contributed by atoms with Crippen molar-refractivity contribution >= 4 is 11.3 Å². The van der Waals surface area contributed by atoms with Gasteiger partial charge in [-0.3, -0.25) is 4.79 Å². The lowest BCUT2D eigenvalue weighted by molar-refractivity contribution is 0.171. The molecule has 0 fully saturated rings. The van der Waals surface area contributed by atoms with Gasteiger partial charge in [-0.05, 0) is 47.7 Å². The summed E-state index contributed by atoms with van der Waals surface area (Å²) in [6.07, 6.45) is 1.92. The number of hydrogen-bond acceptors (Lipinski definition) is 4. The van der Waals surface area contributed by atoms with E-state index in [1.165, 1.54) is 10.4 Å². The molecule has 1 aliphatic rings. The van der Waals surface area contributed by atoms with Crippen LogP contribution in [0.2, 0.25) is 0 Å². The second-order valence-electron chi connectivity index (χ2n) is 5.85. The van der Waals surface area contributed by atoms with Crippen molar-refractivity contribution in [2.75, 3.05) is 13.2 Å². The molecular weight excluding hydrogens is 322 g/mol. The molecule has 3 aromatic rings. The highest BCUT2D eigenvalue weighted by atomic mass is 32.1. The molecule has 0 saturated heterocycles. The third-order valence-electron chi connectivity index (χ3n) is 3.96. The summed E-state index contributed by atoms with van der Waals surface area (Å²) < 4.78 is 12.9. The van der Waals surface area contributed by atoms with E-state index in [9.17, 15) is 4.79 Å². The van der Waals surface area contributed by atoms with Crippen LogP contribution in [0.15, 0.2) is 52.8 Å². The lowest BCUT2D eigenvalue weighted by Gasteiger charge is -2.19. The molecular formula is C19H17NO3S. The van der Waals surface area contributed by atoms with Crippen LogP contribution in [0.3, 0.4) is 0 Å². The molecule has 122 valence electrons. The molecule has 0 atom stereocenters. The van der Waals surface area contributed by atoms with E-state index in [2.05, 4.69) is 18.4 Å². The third-order valence-corrected chi connectivity index (χ3v) is 5.06. The molecule has 0 N–H and O–H groups in total. The predicted octanol–water partition coefficient (Wildman–Crippen LogP) is 3.70. The molecule has 1 aliphatic heterocycles. The molecule has 0 amide bonds. The van der Waals surface area contributed by atoms with Crippen LogP contribution in [0, 0.1) is 6.92 Å². The normalized spacial score (nSPS) is 13.0. The van der Waals surface area contributed by atoms with Crippen molar-refractivity contribution in [2.45, 2.75) is 13.5 Å². The number of pyridine rings is 1. The number of ether oxygens (including phenoxy) is 2. The van der Waals surface area contributed by atoms with Gasteiger partial charge in [0.15, 0.2) is 11.5 Å². The molecule has 0 aliphatic carbocycles. The Hall–Kier alpha value is -2.53. The fourth-order valence-corrected chi connectivity index (χ4v) is 3.66. The molecule has 2 aromatic heterocycles. The minimum Gasteiger partial charge on any atom is -0.486 e. The van der Waals surface area contributed by atoms with Crippen LogP contribution < -0.4 is 15.0 Å². The Labute approximate surface area is 143 Å². The van der Waals surface area contributed by atoms with Crippen LogP contribution in [0.25, 0.3) is 10.4 Å². The summed E-state index contributed by atoms with van der Waals surface area (Å²) in [5.41, 5.74) is 3.30. The minimum absolute atomic E-state index is 0.0121. The quantitative estimate of drug-likeness (QED) is 0.730. The average molecular weight is 339 g/mol. The number of fused-ring (bicyclic) bond motifs is 1. The van der Waals surface area contributed by atoms with Crippen LogP contribution in [0.5, 0.6) is 11.5 Å². The Morgan fingerprint density at radius 1 is 1.08 bits per heavy atom. The fourth-order valence-electron chi connectivity index (χ4n) is 2.77. The Morgan fingerprint density at radius 2 is 1.92 bits per heavy atom. The van der Waals surface area contributed by atoms with E-state index < -0.39 is 0 Å². The molecule has 0 radical (unpaired) electrons. The number of thiophene rings is 1. The van der Waals surface area contributed by atoms with Gasteiger partial charge in [-0.15, -0.1) is 11.3 Å². The lowest BCUT2D eigenvalue weighted by atomic mass is 10.1. The van der Waals surface area contributed by atoms with E-state index >= 15 is 0 Å². The standard InChI is InChI=1S/C19H17NO3S/c1-13-8-18(24-12-13)15-3-5-19(21)20(11-15)10-14-2-4-16-17(9-14)23-7-6-22-16/h2-5,8-9,11-12H,6-7,10H2,1H3. The molecule has 0 spiro atoms. The second-order valence-corrected chi connectivity index (χ2v) is 6.76. The summed E-state index contributed by atoms with van der Waals surface area (Å²) in [6.45, 7) is 3.72. The maximum absolute atomic E-state index is 12.2. The van der Waals surface area contributed by atoms with Crippen LogP contribution in [-0.2, 0) is 6.54 Å². The smallest absolute Gasteiger partial charge is 0.250 e. The van der Waals surface area contributed by atoms with Gasteiger partial charge in [0.1, 0.15) is 13.2 Å². The third kappa shape index (κ3) is 2.95. The second kappa shape index (κ2) is 6.17. The van der Waals surface area contributed by atoms with Gasteiger partial charge in [0, 0.05) is 22.7 Å². The monoisotopic (exact) mass is 339 g/mol. The summed E-state index contributed by atoms with van der Waals surface area (Å²) in [5.74, 6) is 1.51. The van der Waals surface area contributed by atoms with Gasteiger partial charge in [0.2, 0.25) is 0 Å². The van der Waals surface area contributed by atoms with E-state index in [1.54, 1.807) is 22.0 Å². The summed E-state index contributed by atoms with van der Waals surface area (Å²) in [5, 5.41) is 2.12. The van der Waals surface area contributed by atoms with Crippen LogP contribution in [0.1, 0.15) is 11.1 Å². The van der Waals surface area contributed by atoms with E-state index in [1.807, 2.05) is 30.5 Å². The summed E-state index contributed by atoms with van der Waals surface area (Å²) in [6, 6.07) is 11.5. The van der Waals surface area contributed by atoms with Crippen molar-refractivity contribution < 1.29 is 9.47 Å². The Kier molecular flexibility index (Phi) is 3.86. The highest BCUT2D eigenvalue weighted by Crippen LogP contribution is 2.31. The van der Waals surface area contributed by atoms with Crippen molar-refractivity contribution in [3.8, 4) is 21.9 Å². The molecule has 0 unspecified atom stereocenters. The van der Waals surface area contributed by atoms with Gasteiger partial charge in [0.05, 0.1) is 6.54 Å². The number of benzene rings is 1. The molecule has 4 rings (SSSR count). The minimum atomic E-state index is -0.0121. The number of rotatable bonds is 3. The average Bonchev–Trinajstić information content (AvgIpc) is 3.03. The molecule has 3 heterocycles. The zero-order valence-corrected chi connectivity index (χ0v) is 14.1. The maximum atomic E-state index is 12.2. The SMILES string of the molecule is Cc1csc(-c2ccc(=O)n(Cc3ccc4c(c3)OCCO4)c2)c1. The van der Waals surface area contributed by atoms with E-state index in [0.29, 0.717) is 19.8 Å². The summed E-state index contributed by atoms with van der Waals surface area (Å²) >= 11 is 1.69. The van der Waals surface area contributed by atoms with Crippen molar-refractivity contribution in [3.05, 3.63) is 69.5 Å². The molecule has 24 heavy (non-hydrogen) atoms.